The summed E-state index contributed by atoms with van der Waals surface area (Å²) in [5.41, 5.74) is 2.87. The van der Waals surface area contributed by atoms with Crippen molar-refractivity contribution in [2.24, 2.45) is 0 Å². The first-order valence-corrected chi connectivity index (χ1v) is 11.0. The SMILES string of the molecule is Cc1nc(-c2cccs2)sc1-c1ccc(SCc2ccc([N+](=O)[O-])cc2)nn1. The van der Waals surface area contributed by atoms with Crippen molar-refractivity contribution >= 4 is 40.1 Å². The third-order valence-corrected chi connectivity index (χ3v) is 7.15. The molecule has 0 aliphatic carbocycles. The van der Waals surface area contributed by atoms with Crippen molar-refractivity contribution in [3.05, 3.63) is 75.3 Å². The Labute approximate surface area is 173 Å². The molecule has 0 amide bonds. The van der Waals surface area contributed by atoms with Gasteiger partial charge in [0.25, 0.3) is 5.69 Å². The molecule has 6 nitrogen and oxygen atoms in total. The number of aromatic nitrogens is 3. The molecule has 0 bridgehead atoms. The smallest absolute Gasteiger partial charge is 0.258 e. The lowest BCUT2D eigenvalue weighted by atomic mass is 10.2. The van der Waals surface area contributed by atoms with E-state index in [2.05, 4.69) is 21.2 Å². The molecule has 1 aromatic carbocycles. The maximum atomic E-state index is 10.7. The maximum absolute atomic E-state index is 10.7. The fraction of sp³-hybridized carbons (Fsp3) is 0.105. The van der Waals surface area contributed by atoms with Crippen molar-refractivity contribution in [2.75, 3.05) is 0 Å². The number of hydrogen-bond acceptors (Lipinski definition) is 8. The monoisotopic (exact) mass is 426 g/mol. The Morgan fingerprint density at radius 3 is 2.57 bits per heavy atom. The van der Waals surface area contributed by atoms with Crippen molar-refractivity contribution in [3.63, 3.8) is 0 Å². The van der Waals surface area contributed by atoms with Gasteiger partial charge in [-0.25, -0.2) is 4.98 Å². The van der Waals surface area contributed by atoms with Crippen molar-refractivity contribution in [1.82, 2.24) is 15.2 Å². The summed E-state index contributed by atoms with van der Waals surface area (Å²) in [5, 5.41) is 23.2. The van der Waals surface area contributed by atoms with Crippen LogP contribution in [0.4, 0.5) is 5.69 Å². The van der Waals surface area contributed by atoms with Gasteiger partial charge in [-0.2, -0.15) is 0 Å². The van der Waals surface area contributed by atoms with Crippen LogP contribution in [0.25, 0.3) is 20.5 Å². The standard InChI is InChI=1S/C19H14N4O2S3/c1-12-18(28-19(20-12)16-3-2-10-26-16)15-8-9-17(22-21-15)27-11-13-4-6-14(7-5-13)23(24)25/h2-10H,11H2,1H3. The van der Waals surface area contributed by atoms with Crippen LogP contribution in [0, 0.1) is 17.0 Å². The molecule has 0 radical (unpaired) electrons. The van der Waals surface area contributed by atoms with E-state index in [1.54, 1.807) is 46.6 Å². The molecule has 0 saturated carbocycles. The lowest BCUT2D eigenvalue weighted by molar-refractivity contribution is -0.384. The van der Waals surface area contributed by atoms with Gasteiger partial charge in [-0.3, -0.25) is 10.1 Å². The first-order chi connectivity index (χ1) is 13.6. The predicted octanol–water partition coefficient (Wildman–Crippen LogP) is 5.84. The van der Waals surface area contributed by atoms with Crippen molar-refractivity contribution in [2.45, 2.75) is 17.7 Å². The summed E-state index contributed by atoms with van der Waals surface area (Å²) in [6.07, 6.45) is 0. The normalized spacial score (nSPS) is 10.9. The Kier molecular flexibility index (Phi) is 5.47. The van der Waals surface area contributed by atoms with Crippen molar-refractivity contribution in [3.8, 4) is 20.5 Å². The summed E-state index contributed by atoms with van der Waals surface area (Å²) in [5.74, 6) is 0.675. The number of thiazole rings is 1. The van der Waals surface area contributed by atoms with Crippen LogP contribution in [0.3, 0.4) is 0 Å². The second kappa shape index (κ2) is 8.17. The number of thiophene rings is 1. The highest BCUT2D eigenvalue weighted by molar-refractivity contribution is 7.98. The van der Waals surface area contributed by atoms with Gasteiger partial charge in [-0.15, -0.1) is 32.9 Å². The summed E-state index contributed by atoms with van der Waals surface area (Å²) in [4.78, 5) is 17.2. The van der Waals surface area contributed by atoms with Crippen molar-refractivity contribution < 1.29 is 4.92 Å². The minimum absolute atomic E-state index is 0.0970. The summed E-state index contributed by atoms with van der Waals surface area (Å²) in [6, 6.07) is 14.6. The number of nitro groups is 1. The second-order valence-corrected chi connectivity index (χ2v) is 8.82. The van der Waals surface area contributed by atoms with E-state index < -0.39 is 4.92 Å². The first kappa shape index (κ1) is 18.7. The van der Waals surface area contributed by atoms with Crippen LogP contribution in [-0.2, 0) is 5.75 Å². The molecular formula is C19H14N4O2S3. The van der Waals surface area contributed by atoms with Gasteiger partial charge in [0.2, 0.25) is 0 Å². The quantitative estimate of drug-likeness (QED) is 0.219. The van der Waals surface area contributed by atoms with Gasteiger partial charge in [-0.1, -0.05) is 30.0 Å². The molecule has 3 aromatic heterocycles. The van der Waals surface area contributed by atoms with E-state index in [0.717, 1.165) is 36.7 Å². The average Bonchev–Trinajstić information content (AvgIpc) is 3.37. The van der Waals surface area contributed by atoms with E-state index in [4.69, 9.17) is 0 Å². The zero-order valence-electron chi connectivity index (χ0n) is 14.7. The average molecular weight is 427 g/mol. The third kappa shape index (κ3) is 4.11. The number of rotatable bonds is 6. The van der Waals surface area contributed by atoms with Crippen LogP contribution < -0.4 is 0 Å². The number of aryl methyl sites for hydroxylation is 1. The molecular weight excluding hydrogens is 412 g/mol. The van der Waals surface area contributed by atoms with Crippen LogP contribution in [-0.4, -0.2) is 20.1 Å². The molecule has 140 valence electrons. The zero-order chi connectivity index (χ0) is 19.5. The Bertz CT molecular complexity index is 1090. The minimum atomic E-state index is -0.396. The largest absolute Gasteiger partial charge is 0.269 e. The highest BCUT2D eigenvalue weighted by Crippen LogP contribution is 2.36. The summed E-state index contributed by atoms with van der Waals surface area (Å²) in [6.45, 7) is 1.99. The van der Waals surface area contributed by atoms with Gasteiger partial charge < -0.3 is 0 Å². The van der Waals surface area contributed by atoms with Gasteiger partial charge >= 0.3 is 0 Å². The summed E-state index contributed by atoms with van der Waals surface area (Å²) < 4.78 is 0. The Morgan fingerprint density at radius 2 is 1.93 bits per heavy atom. The third-order valence-electron chi connectivity index (χ3n) is 3.94. The van der Waals surface area contributed by atoms with E-state index in [9.17, 15) is 10.1 Å². The van der Waals surface area contributed by atoms with Crippen LogP contribution in [0.15, 0.2) is 58.9 Å². The Hall–Kier alpha value is -2.62. The van der Waals surface area contributed by atoms with E-state index in [0.29, 0.717) is 5.75 Å². The predicted molar refractivity (Wildman–Crippen MR) is 114 cm³/mol. The van der Waals surface area contributed by atoms with Crippen molar-refractivity contribution in [1.29, 1.82) is 0 Å². The number of hydrogen-bond donors (Lipinski definition) is 0. The highest BCUT2D eigenvalue weighted by Gasteiger charge is 2.13. The number of non-ortho nitro benzene ring substituents is 1. The fourth-order valence-electron chi connectivity index (χ4n) is 2.53. The lowest BCUT2D eigenvalue weighted by Crippen LogP contribution is -1.91. The fourth-order valence-corrected chi connectivity index (χ4v) is 5.13. The van der Waals surface area contributed by atoms with Gasteiger partial charge in [0.15, 0.2) is 0 Å². The van der Waals surface area contributed by atoms with Crippen LogP contribution in [0.5, 0.6) is 0 Å². The molecule has 0 saturated heterocycles. The molecule has 4 aromatic rings. The summed E-state index contributed by atoms with van der Waals surface area (Å²) >= 11 is 4.84. The molecule has 0 aliphatic rings. The zero-order valence-corrected chi connectivity index (χ0v) is 17.2. The molecule has 3 heterocycles. The molecule has 28 heavy (non-hydrogen) atoms. The van der Waals surface area contributed by atoms with Gasteiger partial charge in [0, 0.05) is 17.9 Å². The molecule has 0 unspecified atom stereocenters. The number of thioether (sulfide) groups is 1. The van der Waals surface area contributed by atoms with Crippen LogP contribution >= 0.6 is 34.4 Å². The second-order valence-electron chi connectivity index (χ2n) is 5.88. The molecule has 0 fully saturated rings. The molecule has 0 atom stereocenters. The molecule has 9 heteroatoms. The van der Waals surface area contributed by atoms with E-state index >= 15 is 0 Å². The molecule has 0 aliphatic heterocycles. The molecule has 4 rings (SSSR count). The van der Waals surface area contributed by atoms with Crippen LogP contribution in [0.1, 0.15) is 11.3 Å². The van der Waals surface area contributed by atoms with E-state index in [1.807, 2.05) is 30.5 Å². The lowest BCUT2D eigenvalue weighted by Gasteiger charge is -2.02. The van der Waals surface area contributed by atoms with Gasteiger partial charge in [0.05, 0.1) is 20.4 Å². The van der Waals surface area contributed by atoms with Gasteiger partial charge in [0.1, 0.15) is 15.7 Å². The van der Waals surface area contributed by atoms with E-state index in [1.165, 1.54) is 12.1 Å². The van der Waals surface area contributed by atoms with Crippen LogP contribution in [0.2, 0.25) is 0 Å². The van der Waals surface area contributed by atoms with E-state index in [-0.39, 0.29) is 5.69 Å². The maximum Gasteiger partial charge on any atom is 0.269 e. The number of benzene rings is 1. The number of nitro benzene ring substituents is 1. The molecule has 0 spiro atoms. The Balaban J connectivity index is 1.45. The Morgan fingerprint density at radius 1 is 1.11 bits per heavy atom. The summed E-state index contributed by atoms with van der Waals surface area (Å²) in [7, 11) is 0. The molecule has 0 N–H and O–H groups in total. The number of nitrogens with zero attached hydrogens (tertiary/aromatic N) is 4. The van der Waals surface area contributed by atoms with Gasteiger partial charge in [-0.05, 0) is 36.1 Å². The minimum Gasteiger partial charge on any atom is -0.258 e. The first-order valence-electron chi connectivity index (χ1n) is 8.32. The topological polar surface area (TPSA) is 81.8 Å². The highest BCUT2D eigenvalue weighted by atomic mass is 32.2.